The van der Waals surface area contributed by atoms with E-state index >= 15 is 0 Å². The quantitative estimate of drug-likeness (QED) is 0.319. The average molecular weight is 559 g/mol. The Morgan fingerprint density at radius 3 is 2.41 bits per heavy atom. The fourth-order valence-corrected chi connectivity index (χ4v) is 5.79. The zero-order chi connectivity index (χ0) is 28.7. The number of benzene rings is 2. The van der Waals surface area contributed by atoms with Gasteiger partial charge in [0.15, 0.2) is 6.23 Å². The van der Waals surface area contributed by atoms with Crippen LogP contribution in [0.5, 0.6) is 0 Å². The monoisotopic (exact) mass is 558 g/mol. The van der Waals surface area contributed by atoms with Crippen LogP contribution in [0, 0.1) is 5.82 Å². The van der Waals surface area contributed by atoms with E-state index in [1.54, 1.807) is 32.9 Å². The topological polar surface area (TPSA) is 121 Å². The maximum Gasteiger partial charge on any atom is 0.175 e. The molecule has 2 aromatic heterocycles. The number of aliphatic hydroxyl groups excluding tert-OH is 1. The molecule has 4 N–H and O–H groups in total. The van der Waals surface area contributed by atoms with E-state index in [1.807, 2.05) is 56.6 Å². The van der Waals surface area contributed by atoms with Crippen LogP contribution in [0.25, 0.3) is 22.5 Å². The van der Waals surface area contributed by atoms with Crippen molar-refractivity contribution in [3.8, 4) is 22.5 Å². The third kappa shape index (κ3) is 5.29. The first-order valence-electron chi connectivity index (χ1n) is 13.8. The summed E-state index contributed by atoms with van der Waals surface area (Å²) in [7, 11) is 3.66. The second-order valence-electron chi connectivity index (χ2n) is 11.0. The normalized spacial score (nSPS) is 18.6. The van der Waals surface area contributed by atoms with Crippen molar-refractivity contribution in [2.45, 2.75) is 37.8 Å². The second kappa shape index (κ2) is 10.8. The summed E-state index contributed by atoms with van der Waals surface area (Å²) in [6, 6.07) is 15.0. The molecule has 0 spiro atoms. The fraction of sp³-hybridized carbons (Fsp3) is 0.367. The Balaban J connectivity index is 1.09. The van der Waals surface area contributed by atoms with E-state index in [2.05, 4.69) is 20.1 Å². The Hall–Kier alpha value is -3.90. The number of nitrogens with zero attached hydrogens (tertiary/aromatic N) is 7. The number of aryl methyl sites for hydroxylation is 2. The Morgan fingerprint density at radius 2 is 1.76 bits per heavy atom. The smallest absolute Gasteiger partial charge is 0.175 e. The molecule has 0 amide bonds. The van der Waals surface area contributed by atoms with E-state index in [1.165, 1.54) is 0 Å². The molecular weight excluding hydrogens is 523 g/mol. The molecule has 4 aromatic rings. The number of fused-ring (bicyclic) bond motifs is 1. The van der Waals surface area contributed by atoms with Gasteiger partial charge in [0.1, 0.15) is 17.2 Å². The van der Waals surface area contributed by atoms with Gasteiger partial charge in [-0.15, -0.1) is 0 Å². The Morgan fingerprint density at radius 1 is 1.02 bits per heavy atom. The van der Waals surface area contributed by atoms with Crippen molar-refractivity contribution in [1.29, 1.82) is 0 Å². The highest BCUT2D eigenvalue weighted by molar-refractivity contribution is 5.80. The van der Waals surface area contributed by atoms with Crippen LogP contribution in [0.1, 0.15) is 35.9 Å². The van der Waals surface area contributed by atoms with Gasteiger partial charge in [-0.1, -0.05) is 36.4 Å². The Labute approximate surface area is 238 Å². The molecule has 0 aliphatic carbocycles. The molecule has 41 heavy (non-hydrogen) atoms. The molecule has 11 heteroatoms. The molecule has 0 saturated carbocycles. The van der Waals surface area contributed by atoms with Gasteiger partial charge in [-0.05, 0) is 30.5 Å². The van der Waals surface area contributed by atoms with Crippen LogP contribution >= 0.6 is 0 Å². The summed E-state index contributed by atoms with van der Waals surface area (Å²) in [5.41, 5.74) is 10.8. The number of aliphatic hydroxyl groups is 2. The molecule has 2 aliphatic rings. The number of aliphatic imine (C=N–C) groups is 1. The van der Waals surface area contributed by atoms with Crippen molar-refractivity contribution in [3.63, 3.8) is 0 Å². The van der Waals surface area contributed by atoms with E-state index in [0.29, 0.717) is 56.0 Å². The van der Waals surface area contributed by atoms with Gasteiger partial charge in [0, 0.05) is 63.2 Å². The Kier molecular flexibility index (Phi) is 7.20. The summed E-state index contributed by atoms with van der Waals surface area (Å²) in [5, 5.41) is 31.3. The zero-order valence-electron chi connectivity index (χ0n) is 23.3. The van der Waals surface area contributed by atoms with E-state index in [4.69, 9.17) is 5.73 Å². The third-order valence-corrected chi connectivity index (χ3v) is 8.23. The first-order chi connectivity index (χ1) is 19.7. The van der Waals surface area contributed by atoms with E-state index in [9.17, 15) is 14.6 Å². The molecule has 6 rings (SSSR count). The lowest BCUT2D eigenvalue weighted by molar-refractivity contribution is -0.0646. The molecule has 214 valence electrons. The minimum absolute atomic E-state index is 0.218. The number of aromatic nitrogens is 4. The van der Waals surface area contributed by atoms with Crippen LogP contribution < -0.4 is 5.73 Å². The summed E-state index contributed by atoms with van der Waals surface area (Å²) in [5.74, 6) is -0.252. The van der Waals surface area contributed by atoms with Crippen LogP contribution in [-0.4, -0.2) is 71.1 Å². The lowest BCUT2D eigenvalue weighted by Crippen LogP contribution is -2.51. The van der Waals surface area contributed by atoms with Gasteiger partial charge in [-0.25, -0.2) is 9.38 Å². The molecule has 1 unspecified atom stereocenters. The van der Waals surface area contributed by atoms with Gasteiger partial charge >= 0.3 is 0 Å². The maximum atomic E-state index is 15.0. The molecule has 2 aromatic carbocycles. The molecular formula is C30H35FN8O2. The number of piperidine rings is 1. The number of halogens is 1. The van der Waals surface area contributed by atoms with Crippen molar-refractivity contribution in [3.05, 3.63) is 77.4 Å². The molecule has 10 nitrogen and oxygen atoms in total. The molecule has 0 bridgehead atoms. The van der Waals surface area contributed by atoms with Gasteiger partial charge in [0.2, 0.25) is 0 Å². The number of rotatable bonds is 7. The summed E-state index contributed by atoms with van der Waals surface area (Å²) >= 11 is 0. The highest BCUT2D eigenvalue weighted by Crippen LogP contribution is 2.40. The van der Waals surface area contributed by atoms with Crippen molar-refractivity contribution in [2.24, 2.45) is 24.8 Å². The minimum atomic E-state index is -1.03. The summed E-state index contributed by atoms with van der Waals surface area (Å²) < 4.78 is 18.4. The number of nitrogens with two attached hydrogens (primary N) is 1. The second-order valence-corrected chi connectivity index (χ2v) is 11.0. The SMILES string of the molecule is Cn1nccc1-c1ccc(CN2CCC(O)(CN3C=Nc4c(nn(C)c4-c4ccc(CN)cc4)C3O)CC2)c(F)c1. The van der Waals surface area contributed by atoms with E-state index in [0.717, 1.165) is 28.1 Å². The molecule has 1 atom stereocenters. The molecule has 4 heterocycles. The maximum absolute atomic E-state index is 15.0. The standard InChI is InChI=1S/C30H35FN8O2/c1-36-25(9-12-34-36)22-7-8-23(24(31)15-22)17-38-13-10-30(41,11-14-38)18-39-19-33-26-27(29(39)40)35-37(2)28(26)21-5-3-20(16-32)4-6-21/h3-9,12,15,19,29,40-41H,10-11,13-14,16-18,32H2,1-2H3. The summed E-state index contributed by atoms with van der Waals surface area (Å²) in [4.78, 5) is 8.43. The highest BCUT2D eigenvalue weighted by atomic mass is 19.1. The van der Waals surface area contributed by atoms with Crippen molar-refractivity contribution in [1.82, 2.24) is 29.4 Å². The minimum Gasteiger partial charge on any atom is -0.388 e. The van der Waals surface area contributed by atoms with Crippen LogP contribution in [0.3, 0.4) is 0 Å². The highest BCUT2D eigenvalue weighted by Gasteiger charge is 2.38. The van der Waals surface area contributed by atoms with Crippen LogP contribution in [-0.2, 0) is 27.2 Å². The molecule has 2 aliphatic heterocycles. The van der Waals surface area contributed by atoms with Gasteiger partial charge in [0.05, 0.1) is 29.9 Å². The third-order valence-electron chi connectivity index (χ3n) is 8.23. The van der Waals surface area contributed by atoms with Gasteiger partial charge in [-0.2, -0.15) is 10.2 Å². The summed E-state index contributed by atoms with van der Waals surface area (Å²) in [6.45, 7) is 2.37. The predicted molar refractivity (Wildman–Crippen MR) is 154 cm³/mol. The summed E-state index contributed by atoms with van der Waals surface area (Å²) in [6.07, 6.45) is 3.25. The number of hydrogen-bond acceptors (Lipinski definition) is 8. The van der Waals surface area contributed by atoms with Crippen molar-refractivity contribution < 1.29 is 14.6 Å². The van der Waals surface area contributed by atoms with Crippen LogP contribution in [0.4, 0.5) is 10.1 Å². The van der Waals surface area contributed by atoms with Crippen molar-refractivity contribution in [2.75, 3.05) is 19.6 Å². The van der Waals surface area contributed by atoms with Gasteiger partial charge in [0.25, 0.3) is 0 Å². The largest absolute Gasteiger partial charge is 0.388 e. The van der Waals surface area contributed by atoms with Gasteiger partial charge in [-0.3, -0.25) is 14.3 Å². The molecule has 0 radical (unpaired) electrons. The van der Waals surface area contributed by atoms with E-state index < -0.39 is 11.8 Å². The van der Waals surface area contributed by atoms with E-state index in [-0.39, 0.29) is 12.4 Å². The predicted octanol–water partition coefficient (Wildman–Crippen LogP) is 3.08. The van der Waals surface area contributed by atoms with Crippen molar-refractivity contribution >= 4 is 12.0 Å². The fourth-order valence-electron chi connectivity index (χ4n) is 5.79. The number of β-amino-alcohol motifs (C(OH)–C–C–N with tert-alkyl or cyclic N) is 1. The van der Waals surface area contributed by atoms with Crippen LogP contribution in [0.2, 0.25) is 0 Å². The first kappa shape index (κ1) is 27.3. The van der Waals surface area contributed by atoms with Crippen LogP contribution in [0.15, 0.2) is 59.7 Å². The number of hydrogen-bond donors (Lipinski definition) is 3. The first-order valence-corrected chi connectivity index (χ1v) is 13.8. The van der Waals surface area contributed by atoms with Gasteiger partial charge < -0.3 is 20.8 Å². The number of likely N-dealkylation sites (tertiary alicyclic amines) is 1. The molecule has 1 saturated heterocycles. The lowest BCUT2D eigenvalue weighted by Gasteiger charge is -2.42. The zero-order valence-corrected chi connectivity index (χ0v) is 23.3. The average Bonchev–Trinajstić information content (AvgIpc) is 3.55. The lowest BCUT2D eigenvalue weighted by atomic mass is 9.90. The Bertz CT molecular complexity index is 1570. The molecule has 1 fully saturated rings.